The summed E-state index contributed by atoms with van der Waals surface area (Å²) in [5, 5.41) is 17.3. The molecule has 1 aliphatic heterocycles. The zero-order valence-electron chi connectivity index (χ0n) is 15.5. The first-order valence-electron chi connectivity index (χ1n) is 9.40. The molecule has 1 saturated carbocycles. The van der Waals surface area contributed by atoms with Crippen LogP contribution >= 0.6 is 0 Å². The van der Waals surface area contributed by atoms with Gasteiger partial charge in [-0.2, -0.15) is 5.10 Å². The number of fused-ring (bicyclic) bond motifs is 1. The lowest BCUT2D eigenvalue weighted by molar-refractivity contribution is 0.100. The number of nitrogens with two attached hydrogens (primary N) is 1. The van der Waals surface area contributed by atoms with Gasteiger partial charge in [-0.05, 0) is 42.5 Å². The fourth-order valence-corrected chi connectivity index (χ4v) is 3.87. The maximum atomic E-state index is 11.4. The molecule has 28 heavy (non-hydrogen) atoms. The number of imidazole rings is 1. The number of carbonyl (C=O) groups excluding carboxylic acids is 1. The number of amides is 1. The Morgan fingerprint density at radius 1 is 1.21 bits per heavy atom. The van der Waals surface area contributed by atoms with E-state index < -0.39 is 18.1 Å². The van der Waals surface area contributed by atoms with E-state index in [-0.39, 0.29) is 0 Å². The van der Waals surface area contributed by atoms with E-state index in [1.54, 1.807) is 23.2 Å². The number of aromatic amines is 1. The summed E-state index contributed by atoms with van der Waals surface area (Å²) in [4.78, 5) is 19.2. The van der Waals surface area contributed by atoms with Crippen molar-refractivity contribution in [1.29, 1.82) is 0 Å². The van der Waals surface area contributed by atoms with Crippen molar-refractivity contribution in [3.63, 3.8) is 0 Å². The Morgan fingerprint density at radius 3 is 2.64 bits per heavy atom. The summed E-state index contributed by atoms with van der Waals surface area (Å²) < 4.78 is 0. The normalized spacial score (nSPS) is 21.9. The van der Waals surface area contributed by atoms with Gasteiger partial charge in [-0.3, -0.25) is 9.80 Å². The summed E-state index contributed by atoms with van der Waals surface area (Å²) >= 11 is 0. The highest BCUT2D eigenvalue weighted by molar-refractivity contribution is 6.05. The molecule has 5 rings (SSSR count). The molecule has 4 N–H and O–H groups in total. The number of aliphatic hydroxyl groups is 1. The van der Waals surface area contributed by atoms with E-state index in [2.05, 4.69) is 27.2 Å². The largest absolute Gasteiger partial charge is 0.384 e. The number of hydrogen-bond donors (Lipinski definition) is 3. The fourth-order valence-electron chi connectivity index (χ4n) is 3.87. The first-order chi connectivity index (χ1) is 13.5. The van der Waals surface area contributed by atoms with E-state index in [9.17, 15) is 9.90 Å². The van der Waals surface area contributed by atoms with Crippen molar-refractivity contribution >= 4 is 22.7 Å². The molecule has 1 amide bonds. The highest BCUT2D eigenvalue weighted by atomic mass is 16.3. The molecule has 3 aromatic rings. The van der Waals surface area contributed by atoms with Gasteiger partial charge in [0.05, 0.1) is 16.7 Å². The van der Waals surface area contributed by atoms with Gasteiger partial charge in [0.25, 0.3) is 0 Å². The zero-order chi connectivity index (χ0) is 19.4. The van der Waals surface area contributed by atoms with Gasteiger partial charge >= 0.3 is 0 Å². The van der Waals surface area contributed by atoms with Crippen LogP contribution in [0.5, 0.6) is 0 Å². The number of hydrazone groups is 1. The summed E-state index contributed by atoms with van der Waals surface area (Å²) in [5.74, 6) is 0.803. The summed E-state index contributed by atoms with van der Waals surface area (Å²) in [7, 11) is 1.82. The van der Waals surface area contributed by atoms with Gasteiger partial charge in [0, 0.05) is 18.2 Å². The lowest BCUT2D eigenvalue weighted by Gasteiger charge is -2.19. The molecule has 1 fully saturated rings. The molecule has 7 heteroatoms. The molecule has 2 heterocycles. The molecule has 0 spiro atoms. The van der Waals surface area contributed by atoms with Gasteiger partial charge in [0.15, 0.2) is 0 Å². The van der Waals surface area contributed by atoms with Crippen molar-refractivity contribution in [2.45, 2.75) is 30.9 Å². The van der Waals surface area contributed by atoms with Crippen molar-refractivity contribution in [2.24, 2.45) is 10.8 Å². The Kier molecular flexibility index (Phi) is 3.73. The lowest BCUT2D eigenvalue weighted by Crippen LogP contribution is -2.29. The van der Waals surface area contributed by atoms with E-state index >= 15 is 0 Å². The second kappa shape index (κ2) is 6.17. The van der Waals surface area contributed by atoms with Gasteiger partial charge in [0.2, 0.25) is 5.91 Å². The molecule has 2 unspecified atom stereocenters. The predicted molar refractivity (Wildman–Crippen MR) is 106 cm³/mol. The topological polar surface area (TPSA) is 108 Å². The average Bonchev–Trinajstić information content (AvgIpc) is 3.38. The van der Waals surface area contributed by atoms with Crippen molar-refractivity contribution in [2.75, 3.05) is 7.05 Å². The van der Waals surface area contributed by atoms with E-state index in [0.29, 0.717) is 34.1 Å². The molecule has 7 nitrogen and oxygen atoms in total. The number of carbonyl (C=O) groups is 1. The monoisotopic (exact) mass is 375 g/mol. The number of H-pyrrole nitrogens is 1. The first kappa shape index (κ1) is 16.9. The van der Waals surface area contributed by atoms with Crippen LogP contribution in [0.15, 0.2) is 47.6 Å². The summed E-state index contributed by atoms with van der Waals surface area (Å²) in [6, 6.07) is 13.0. The number of primary amides is 1. The highest BCUT2D eigenvalue weighted by Gasteiger charge is 2.38. The smallest absolute Gasteiger partial charge is 0.248 e. The Morgan fingerprint density at radius 2 is 1.96 bits per heavy atom. The molecule has 142 valence electrons. The Labute approximate surface area is 161 Å². The maximum absolute atomic E-state index is 11.4. The zero-order valence-corrected chi connectivity index (χ0v) is 15.5. The number of likely N-dealkylation sites (N-methyl/N-ethyl adjacent to an activating group) is 1. The van der Waals surface area contributed by atoms with Crippen LogP contribution < -0.4 is 5.73 Å². The molecule has 2 aliphatic rings. The van der Waals surface area contributed by atoms with Crippen molar-refractivity contribution in [3.8, 4) is 0 Å². The van der Waals surface area contributed by atoms with Crippen LogP contribution in [0.25, 0.3) is 11.0 Å². The second-order valence-electron chi connectivity index (χ2n) is 7.56. The third kappa shape index (κ3) is 2.75. The Hall–Kier alpha value is -3.19. The number of hydrogen-bond acceptors (Lipinski definition) is 5. The lowest BCUT2D eigenvalue weighted by atomic mass is 9.99. The van der Waals surface area contributed by atoms with E-state index in [1.807, 2.05) is 19.2 Å². The van der Waals surface area contributed by atoms with Gasteiger partial charge in [-0.15, -0.1) is 0 Å². The third-order valence-electron chi connectivity index (χ3n) is 5.57. The summed E-state index contributed by atoms with van der Waals surface area (Å²) in [6.45, 7) is 0. The van der Waals surface area contributed by atoms with Gasteiger partial charge < -0.3 is 15.8 Å². The molecular formula is C21H21N5O2. The molecule has 1 aliphatic carbocycles. The molecule has 0 saturated heterocycles. The molecule has 2 aromatic carbocycles. The first-order valence-corrected chi connectivity index (χ1v) is 9.40. The number of aliphatic hydroxyl groups excluding tert-OH is 1. The number of nitrogens with zero attached hydrogens (tertiary/aromatic N) is 3. The number of rotatable bonds is 4. The quantitative estimate of drug-likeness (QED) is 0.650. The molecule has 2 atom stereocenters. The van der Waals surface area contributed by atoms with E-state index in [1.165, 1.54) is 18.4 Å². The van der Waals surface area contributed by atoms with Crippen molar-refractivity contribution in [3.05, 3.63) is 65.0 Å². The standard InChI is InChI=1S/C21H21N5O2/c1-26-18(21-23-15-9-8-14(20(22)28)10-16(15)24-21)19(27)17(25-26)13-6-4-12(5-7-13)11-2-3-11/h4-11,18-19,27H,2-3H2,1H3,(H2,22,28)(H,23,24). The Bertz CT molecular complexity index is 1100. The number of aromatic nitrogens is 2. The number of nitrogens with one attached hydrogen (secondary N) is 1. The molecule has 0 bridgehead atoms. The van der Waals surface area contributed by atoms with E-state index in [0.717, 1.165) is 5.56 Å². The number of benzene rings is 2. The van der Waals surface area contributed by atoms with Crippen LogP contribution in [0.2, 0.25) is 0 Å². The third-order valence-corrected chi connectivity index (χ3v) is 5.57. The van der Waals surface area contributed by atoms with Gasteiger partial charge in [0.1, 0.15) is 18.0 Å². The molecule has 0 radical (unpaired) electrons. The van der Waals surface area contributed by atoms with Crippen LogP contribution in [0.4, 0.5) is 0 Å². The minimum absolute atomic E-state index is 0.413. The highest BCUT2D eigenvalue weighted by Crippen LogP contribution is 2.40. The minimum atomic E-state index is -0.812. The van der Waals surface area contributed by atoms with Crippen LogP contribution in [0, 0.1) is 0 Å². The summed E-state index contributed by atoms with van der Waals surface area (Å²) in [6.07, 6.45) is 1.71. The summed E-state index contributed by atoms with van der Waals surface area (Å²) in [5.41, 5.74) is 10.1. The Balaban J connectivity index is 1.45. The van der Waals surface area contributed by atoms with Crippen LogP contribution in [0.1, 0.15) is 52.1 Å². The molecular weight excluding hydrogens is 354 g/mol. The van der Waals surface area contributed by atoms with Crippen LogP contribution in [-0.4, -0.2) is 44.9 Å². The van der Waals surface area contributed by atoms with Crippen molar-refractivity contribution < 1.29 is 9.90 Å². The van der Waals surface area contributed by atoms with Crippen LogP contribution in [-0.2, 0) is 0 Å². The SMILES string of the molecule is CN1N=C(c2ccc(C3CC3)cc2)C(O)C1c1nc2ccc(C(N)=O)cc2[nH]1. The van der Waals surface area contributed by atoms with Gasteiger partial charge in [-0.25, -0.2) is 4.98 Å². The molecule has 1 aromatic heterocycles. The van der Waals surface area contributed by atoms with Gasteiger partial charge in [-0.1, -0.05) is 24.3 Å². The van der Waals surface area contributed by atoms with E-state index in [4.69, 9.17) is 5.73 Å². The van der Waals surface area contributed by atoms with Crippen molar-refractivity contribution in [1.82, 2.24) is 15.0 Å². The second-order valence-corrected chi connectivity index (χ2v) is 7.56. The fraction of sp³-hybridized carbons (Fsp3) is 0.286. The maximum Gasteiger partial charge on any atom is 0.248 e. The minimum Gasteiger partial charge on any atom is -0.384 e. The predicted octanol–water partition coefficient (Wildman–Crippen LogP) is 2.29. The average molecular weight is 375 g/mol. The van der Waals surface area contributed by atoms with Crippen LogP contribution in [0.3, 0.4) is 0 Å².